The van der Waals surface area contributed by atoms with Crippen LogP contribution in [0.5, 0.6) is 11.8 Å². The average Bonchev–Trinajstić information content (AvgIpc) is 2.83. The van der Waals surface area contributed by atoms with E-state index >= 15 is 0 Å². The molecule has 0 spiro atoms. The first-order valence-corrected chi connectivity index (χ1v) is 13.8. The monoisotopic (exact) mass is 686 g/mol. The van der Waals surface area contributed by atoms with Crippen molar-refractivity contribution in [3.05, 3.63) is 84.1 Å². The number of alkyl halides is 1. The van der Waals surface area contributed by atoms with E-state index in [1.54, 1.807) is 40.1 Å². The summed E-state index contributed by atoms with van der Waals surface area (Å²) < 4.78 is 11.4. The lowest BCUT2D eigenvalue weighted by Gasteiger charge is -2.10. The van der Waals surface area contributed by atoms with Crippen LogP contribution in [0.2, 0.25) is 0 Å². The van der Waals surface area contributed by atoms with Gasteiger partial charge in [0.15, 0.2) is 0 Å². The van der Waals surface area contributed by atoms with E-state index < -0.39 is 21.1 Å². The molecule has 0 aromatic carbocycles. The van der Waals surface area contributed by atoms with Gasteiger partial charge in [0.05, 0.1) is 27.7 Å². The summed E-state index contributed by atoms with van der Waals surface area (Å²) >= 11 is 2.34. The summed E-state index contributed by atoms with van der Waals surface area (Å²) in [7, 11) is 0. The maximum Gasteiger partial charge on any atom is 0.334 e. The molecular weight excluding hydrogens is 647 g/mol. The minimum atomic E-state index is -0.703. The van der Waals surface area contributed by atoms with Crippen molar-refractivity contribution in [2.24, 2.45) is 0 Å². The molecule has 3 aromatic rings. The third-order valence-electron chi connectivity index (χ3n) is 4.10. The number of pyridine rings is 3. The number of H-pyrrole nitrogens is 1. The van der Waals surface area contributed by atoms with Crippen molar-refractivity contribution in [2.45, 2.75) is 78.4 Å². The number of anilines is 1. The van der Waals surface area contributed by atoms with E-state index in [2.05, 4.69) is 51.4 Å². The Labute approximate surface area is 253 Å². The van der Waals surface area contributed by atoms with E-state index in [0.29, 0.717) is 17.1 Å². The highest BCUT2D eigenvalue weighted by molar-refractivity contribution is 14.1. The molecule has 0 aliphatic heterocycles. The van der Waals surface area contributed by atoms with Crippen LogP contribution in [0.3, 0.4) is 0 Å². The minimum absolute atomic E-state index is 0.0793. The van der Waals surface area contributed by atoms with Crippen LogP contribution in [-0.4, -0.2) is 40.9 Å². The maximum absolute atomic E-state index is 10.7. The van der Waals surface area contributed by atoms with Crippen LogP contribution in [-0.2, 0) is 0 Å². The third-order valence-corrected chi connectivity index (χ3v) is 4.10. The number of aromatic nitrogens is 3. The van der Waals surface area contributed by atoms with Crippen LogP contribution < -0.4 is 20.8 Å². The zero-order valence-corrected chi connectivity index (χ0v) is 27.0. The first-order valence-electron chi connectivity index (χ1n) is 12.6. The molecule has 3 N–H and O–H groups in total. The summed E-state index contributed by atoms with van der Waals surface area (Å²) in [6.07, 6.45) is 4.71. The van der Waals surface area contributed by atoms with Gasteiger partial charge in [0.25, 0.3) is 5.88 Å². The fourth-order valence-electron chi connectivity index (χ4n) is 2.60. The maximum atomic E-state index is 10.7. The molecule has 226 valence electrons. The number of halogens is 1. The van der Waals surface area contributed by atoms with Gasteiger partial charge in [-0.05, 0) is 71.2 Å². The minimum Gasteiger partial charge on any atom is -0.473 e. The number of ether oxygens (including phenoxy) is 2. The van der Waals surface area contributed by atoms with Gasteiger partial charge in [0, 0.05) is 34.6 Å². The number of nitrogens with two attached hydrogens (primary N) is 1. The fraction of sp³-hybridized carbons (Fsp3) is 0.444. The van der Waals surface area contributed by atoms with Crippen molar-refractivity contribution in [1.82, 2.24) is 15.0 Å². The smallest absolute Gasteiger partial charge is 0.334 e. The first kappa shape index (κ1) is 37.2. The van der Waals surface area contributed by atoms with Crippen LogP contribution in [0.4, 0.5) is 17.1 Å². The van der Waals surface area contributed by atoms with Crippen LogP contribution in [0.15, 0.2) is 41.6 Å². The van der Waals surface area contributed by atoms with Gasteiger partial charge in [-0.2, -0.15) is 0 Å². The highest BCUT2D eigenvalue weighted by Gasteiger charge is 2.17. The number of aromatic amines is 1. The van der Waals surface area contributed by atoms with E-state index in [4.69, 9.17) is 15.2 Å². The van der Waals surface area contributed by atoms with Gasteiger partial charge >= 0.3 is 16.9 Å². The van der Waals surface area contributed by atoms with Crippen molar-refractivity contribution < 1.29 is 19.3 Å². The first-order chi connectivity index (χ1) is 18.9. The van der Waals surface area contributed by atoms with Crippen LogP contribution in [0.1, 0.15) is 58.2 Å². The Morgan fingerprint density at radius 3 is 1.63 bits per heavy atom. The van der Waals surface area contributed by atoms with E-state index in [1.807, 2.05) is 26.8 Å². The van der Waals surface area contributed by atoms with Gasteiger partial charge in [-0.1, -0.05) is 36.4 Å². The summed E-state index contributed by atoms with van der Waals surface area (Å²) in [5.41, 5.74) is 7.57. The van der Waals surface area contributed by atoms with Crippen LogP contribution >= 0.6 is 22.6 Å². The zero-order valence-electron chi connectivity index (χ0n) is 24.8. The standard InChI is InChI=1S/C9H12N2O3.C9H14N2O.C6H6N2O3.C3H7I/c1-6(2)14-9-8(11(12)13)4-7(3)5-10-9;1-6(2)12-9-8(10)4-7(3)5-11-9;1-4-2-5(8(10)11)6(9)7-3-4;1-3(2)4/h4-6H,1-3H3;4-6H,10H2,1-3H3;2-3H,1H3,(H,7,9);3H,1-2H3. The molecule has 0 aliphatic carbocycles. The second kappa shape index (κ2) is 18.5. The molecule has 0 bridgehead atoms. The molecule has 3 rings (SSSR count). The molecule has 0 atom stereocenters. The van der Waals surface area contributed by atoms with E-state index in [1.165, 1.54) is 18.3 Å². The molecule has 0 unspecified atom stereocenters. The summed E-state index contributed by atoms with van der Waals surface area (Å²) in [6.45, 7) is 17.2. The predicted octanol–water partition coefficient (Wildman–Crippen LogP) is 6.27. The Kier molecular flexibility index (Phi) is 16.8. The summed E-state index contributed by atoms with van der Waals surface area (Å²) in [5.74, 6) is 0.603. The van der Waals surface area contributed by atoms with Gasteiger partial charge < -0.3 is 20.2 Å². The summed E-state index contributed by atoms with van der Waals surface area (Å²) in [5, 5.41) is 20.8. The van der Waals surface area contributed by atoms with Gasteiger partial charge in [0.2, 0.25) is 5.88 Å². The second-order valence-corrected chi connectivity index (χ2v) is 12.0. The summed E-state index contributed by atoms with van der Waals surface area (Å²) in [6, 6.07) is 4.54. The number of nitrogens with zero attached hydrogens (tertiary/aromatic N) is 4. The lowest BCUT2D eigenvalue weighted by molar-refractivity contribution is -0.386. The number of nitrogen functional groups attached to an aromatic ring is 1. The molecule has 0 saturated heterocycles. The molecule has 3 heterocycles. The SMILES string of the molecule is CC(C)I.Cc1c[nH]c(=O)c([N+](=O)[O-])c1.Cc1cnc(OC(C)C)c(N)c1.Cc1cnc(OC(C)C)c([N+](=O)[O-])c1. The van der Waals surface area contributed by atoms with Crippen molar-refractivity contribution in [2.75, 3.05) is 5.73 Å². The Hall–Kier alpha value is -3.82. The molecule has 0 aliphatic rings. The van der Waals surface area contributed by atoms with Gasteiger partial charge in [-0.15, -0.1) is 0 Å². The van der Waals surface area contributed by atoms with E-state index in [9.17, 15) is 25.0 Å². The molecular formula is C27H39IN6O7. The Morgan fingerprint density at radius 2 is 1.22 bits per heavy atom. The predicted molar refractivity (Wildman–Crippen MR) is 168 cm³/mol. The normalized spacial score (nSPS) is 9.98. The van der Waals surface area contributed by atoms with Crippen molar-refractivity contribution in [3.8, 4) is 11.8 Å². The van der Waals surface area contributed by atoms with Gasteiger partial charge in [0.1, 0.15) is 0 Å². The van der Waals surface area contributed by atoms with Gasteiger partial charge in [-0.3, -0.25) is 25.0 Å². The number of aryl methyl sites for hydroxylation is 3. The van der Waals surface area contributed by atoms with Crippen molar-refractivity contribution in [3.63, 3.8) is 0 Å². The topological polar surface area (TPSA) is 189 Å². The number of nitrogens with one attached hydrogen (secondary N) is 1. The lowest BCUT2D eigenvalue weighted by atomic mass is 10.3. The summed E-state index contributed by atoms with van der Waals surface area (Å²) in [4.78, 5) is 40.5. The van der Waals surface area contributed by atoms with Crippen molar-refractivity contribution in [1.29, 1.82) is 0 Å². The number of rotatable bonds is 6. The third kappa shape index (κ3) is 16.1. The molecule has 14 heteroatoms. The molecule has 0 fully saturated rings. The largest absolute Gasteiger partial charge is 0.473 e. The molecule has 0 saturated carbocycles. The van der Waals surface area contributed by atoms with Crippen LogP contribution in [0.25, 0.3) is 0 Å². The number of nitro groups is 2. The highest BCUT2D eigenvalue weighted by Crippen LogP contribution is 2.25. The molecule has 3 aromatic heterocycles. The van der Waals surface area contributed by atoms with Gasteiger partial charge in [-0.25, -0.2) is 9.97 Å². The van der Waals surface area contributed by atoms with E-state index in [-0.39, 0.29) is 23.8 Å². The van der Waals surface area contributed by atoms with Crippen molar-refractivity contribution >= 4 is 39.7 Å². The lowest BCUT2D eigenvalue weighted by Crippen LogP contribution is -2.10. The molecule has 41 heavy (non-hydrogen) atoms. The quantitative estimate of drug-likeness (QED) is 0.129. The molecule has 0 radical (unpaired) electrons. The zero-order chi connectivity index (χ0) is 31.9. The Balaban J connectivity index is 0.000000552. The van der Waals surface area contributed by atoms with E-state index in [0.717, 1.165) is 15.1 Å². The molecule has 0 amide bonds. The van der Waals surface area contributed by atoms with Crippen LogP contribution in [0, 0.1) is 41.0 Å². The highest BCUT2D eigenvalue weighted by atomic mass is 127. The number of hydrogen-bond donors (Lipinski definition) is 2. The number of hydrogen-bond acceptors (Lipinski definition) is 10. The molecule has 13 nitrogen and oxygen atoms in total. The Morgan fingerprint density at radius 1 is 0.805 bits per heavy atom. The Bertz CT molecular complexity index is 1330. The fourth-order valence-corrected chi connectivity index (χ4v) is 2.60. The average molecular weight is 687 g/mol. The second-order valence-electron chi connectivity index (χ2n) is 9.50.